The number of hydrogen-bond donors (Lipinski definition) is 2. The van der Waals surface area contributed by atoms with Crippen LogP contribution in [0.15, 0.2) is 34.2 Å². The number of hydrogen-bond acceptors (Lipinski definition) is 4. The SMILES string of the molecule is Cl.Cn1nc(C(F)(F)F)c(CC(N)CO)c1Sc1ccc(F)cc1. The van der Waals surface area contributed by atoms with E-state index in [4.69, 9.17) is 10.8 Å². The zero-order valence-electron chi connectivity index (χ0n) is 12.5. The summed E-state index contributed by atoms with van der Waals surface area (Å²) in [6.07, 6.45) is -4.79. The highest BCUT2D eigenvalue weighted by Crippen LogP contribution is 2.38. The summed E-state index contributed by atoms with van der Waals surface area (Å²) >= 11 is 1.04. The van der Waals surface area contributed by atoms with Crippen molar-refractivity contribution < 1.29 is 22.7 Å². The van der Waals surface area contributed by atoms with Crippen molar-refractivity contribution >= 4 is 24.2 Å². The molecule has 2 aromatic rings. The first-order valence-corrected chi connectivity index (χ1v) is 7.47. The summed E-state index contributed by atoms with van der Waals surface area (Å²) in [7, 11) is 1.40. The highest BCUT2D eigenvalue weighted by atomic mass is 35.5. The molecule has 10 heteroatoms. The molecule has 1 aromatic heterocycles. The minimum Gasteiger partial charge on any atom is -0.395 e. The second-order valence-corrected chi connectivity index (χ2v) is 6.02. The van der Waals surface area contributed by atoms with Crippen molar-refractivity contribution in [2.75, 3.05) is 6.61 Å². The Bertz CT molecular complexity index is 676. The fourth-order valence-electron chi connectivity index (χ4n) is 2.03. The maximum Gasteiger partial charge on any atom is 0.435 e. The van der Waals surface area contributed by atoms with Gasteiger partial charge >= 0.3 is 6.18 Å². The Morgan fingerprint density at radius 1 is 1.29 bits per heavy atom. The van der Waals surface area contributed by atoms with E-state index in [9.17, 15) is 17.6 Å². The Labute approximate surface area is 146 Å². The van der Waals surface area contributed by atoms with Gasteiger partial charge in [0.25, 0.3) is 0 Å². The van der Waals surface area contributed by atoms with Crippen LogP contribution in [0.1, 0.15) is 11.3 Å². The van der Waals surface area contributed by atoms with E-state index in [0.717, 1.165) is 16.4 Å². The van der Waals surface area contributed by atoms with Crippen LogP contribution in [0, 0.1) is 5.82 Å². The van der Waals surface area contributed by atoms with Crippen LogP contribution in [0.4, 0.5) is 17.6 Å². The number of aromatic nitrogens is 2. The Morgan fingerprint density at radius 3 is 2.38 bits per heavy atom. The lowest BCUT2D eigenvalue weighted by Gasteiger charge is -2.12. The van der Waals surface area contributed by atoms with Crippen molar-refractivity contribution in [2.24, 2.45) is 12.8 Å². The van der Waals surface area contributed by atoms with E-state index in [-0.39, 0.29) is 29.4 Å². The zero-order chi connectivity index (χ0) is 17.2. The van der Waals surface area contributed by atoms with E-state index in [0.29, 0.717) is 4.90 Å². The molecular formula is C14H16ClF4N3OS. The molecule has 3 N–H and O–H groups in total. The topological polar surface area (TPSA) is 64.1 Å². The van der Waals surface area contributed by atoms with Crippen LogP contribution in [0.5, 0.6) is 0 Å². The van der Waals surface area contributed by atoms with Gasteiger partial charge < -0.3 is 10.8 Å². The molecule has 0 saturated carbocycles. The van der Waals surface area contributed by atoms with Gasteiger partial charge in [0.2, 0.25) is 0 Å². The molecular weight excluding hydrogens is 370 g/mol. The van der Waals surface area contributed by atoms with Gasteiger partial charge in [-0.15, -0.1) is 12.4 Å². The third-order valence-corrected chi connectivity index (χ3v) is 4.30. The molecule has 0 aliphatic carbocycles. The maximum atomic E-state index is 13.1. The molecule has 4 nitrogen and oxygen atoms in total. The molecule has 1 aromatic carbocycles. The standard InChI is InChI=1S/C14H15F4N3OS.ClH/c1-21-13(23-10-4-2-8(15)3-5-10)11(6-9(19)7-22)12(20-21)14(16,17)18;/h2-5,9,22H,6-7,19H2,1H3;1H. The third-order valence-electron chi connectivity index (χ3n) is 3.09. The third kappa shape index (κ3) is 4.85. The number of alkyl halides is 3. The number of benzene rings is 1. The minimum absolute atomic E-state index is 0. The van der Waals surface area contributed by atoms with Crippen molar-refractivity contribution in [3.8, 4) is 0 Å². The van der Waals surface area contributed by atoms with Crippen LogP contribution in [0.2, 0.25) is 0 Å². The number of nitrogens with zero attached hydrogens (tertiary/aromatic N) is 2. The summed E-state index contributed by atoms with van der Waals surface area (Å²) in [5.41, 5.74) is 4.50. The number of aryl methyl sites for hydroxylation is 1. The van der Waals surface area contributed by atoms with Gasteiger partial charge in [0, 0.05) is 23.5 Å². The van der Waals surface area contributed by atoms with Gasteiger partial charge in [0.05, 0.1) is 6.61 Å². The van der Waals surface area contributed by atoms with Gasteiger partial charge in [-0.25, -0.2) is 4.39 Å². The number of aliphatic hydroxyl groups is 1. The molecule has 0 radical (unpaired) electrons. The molecule has 1 heterocycles. The number of aliphatic hydroxyl groups excluding tert-OH is 1. The summed E-state index contributed by atoms with van der Waals surface area (Å²) in [6, 6.07) is 4.56. The molecule has 0 amide bonds. The summed E-state index contributed by atoms with van der Waals surface area (Å²) in [5.74, 6) is -0.433. The van der Waals surface area contributed by atoms with E-state index in [1.54, 1.807) is 0 Å². The minimum atomic E-state index is -4.62. The fourth-order valence-corrected chi connectivity index (χ4v) is 3.00. The van der Waals surface area contributed by atoms with E-state index in [2.05, 4.69) is 5.10 Å². The van der Waals surface area contributed by atoms with Gasteiger partial charge in [0.15, 0.2) is 5.69 Å². The maximum absolute atomic E-state index is 13.1. The number of halogens is 5. The van der Waals surface area contributed by atoms with Crippen molar-refractivity contribution in [1.82, 2.24) is 9.78 Å². The molecule has 0 aliphatic rings. The second kappa shape index (κ2) is 8.19. The number of nitrogens with two attached hydrogens (primary N) is 1. The molecule has 0 fully saturated rings. The normalized spacial score (nSPS) is 12.8. The van der Waals surface area contributed by atoms with Crippen molar-refractivity contribution in [3.63, 3.8) is 0 Å². The van der Waals surface area contributed by atoms with Crippen molar-refractivity contribution in [3.05, 3.63) is 41.3 Å². The molecule has 0 saturated heterocycles. The average Bonchev–Trinajstić information content (AvgIpc) is 2.78. The van der Waals surface area contributed by atoms with Crippen molar-refractivity contribution in [1.29, 1.82) is 0 Å². The van der Waals surface area contributed by atoms with Gasteiger partial charge in [0.1, 0.15) is 10.8 Å². The van der Waals surface area contributed by atoms with Crippen LogP contribution in [0.25, 0.3) is 0 Å². The first-order chi connectivity index (χ1) is 10.7. The summed E-state index contributed by atoms with van der Waals surface area (Å²) in [5, 5.41) is 12.8. The Kier molecular flexibility index (Phi) is 7.09. The first-order valence-electron chi connectivity index (χ1n) is 6.65. The summed E-state index contributed by atoms with van der Waals surface area (Å²) < 4.78 is 53.5. The highest BCUT2D eigenvalue weighted by molar-refractivity contribution is 7.99. The zero-order valence-corrected chi connectivity index (χ0v) is 14.2. The lowest BCUT2D eigenvalue weighted by Crippen LogP contribution is -2.28. The van der Waals surface area contributed by atoms with Gasteiger partial charge in [-0.2, -0.15) is 18.3 Å². The first kappa shape index (κ1) is 20.8. The van der Waals surface area contributed by atoms with Gasteiger partial charge in [-0.05, 0) is 30.7 Å². The van der Waals surface area contributed by atoms with Crippen molar-refractivity contribution in [2.45, 2.75) is 28.6 Å². The monoisotopic (exact) mass is 385 g/mol. The lowest BCUT2D eigenvalue weighted by atomic mass is 10.1. The van der Waals surface area contributed by atoms with E-state index < -0.39 is 30.3 Å². The molecule has 2 rings (SSSR count). The predicted octanol–water partition coefficient (Wildman–Crippen LogP) is 3.01. The molecule has 1 unspecified atom stereocenters. The Balaban J connectivity index is 0.00000288. The van der Waals surface area contributed by atoms with Crippen LogP contribution in [-0.2, 0) is 19.6 Å². The molecule has 0 aliphatic heterocycles. The molecule has 24 heavy (non-hydrogen) atoms. The van der Waals surface area contributed by atoms with E-state index in [1.807, 2.05) is 0 Å². The van der Waals surface area contributed by atoms with Crippen LogP contribution in [-0.4, -0.2) is 27.5 Å². The smallest absolute Gasteiger partial charge is 0.395 e. The summed E-state index contributed by atoms with van der Waals surface area (Å²) in [6.45, 7) is -0.438. The molecule has 1 atom stereocenters. The molecule has 0 bridgehead atoms. The van der Waals surface area contributed by atoms with E-state index in [1.165, 1.54) is 31.3 Å². The quantitative estimate of drug-likeness (QED) is 0.777. The largest absolute Gasteiger partial charge is 0.435 e. The molecule has 134 valence electrons. The van der Waals surface area contributed by atoms with Crippen LogP contribution in [0.3, 0.4) is 0 Å². The van der Waals surface area contributed by atoms with Crippen LogP contribution >= 0.6 is 24.2 Å². The second-order valence-electron chi connectivity index (χ2n) is 4.96. The Hall–Kier alpha value is -1.29. The fraction of sp³-hybridized carbons (Fsp3) is 0.357. The molecule has 0 spiro atoms. The highest BCUT2D eigenvalue weighted by Gasteiger charge is 2.39. The number of rotatable bonds is 5. The predicted molar refractivity (Wildman–Crippen MR) is 84.7 cm³/mol. The van der Waals surface area contributed by atoms with Gasteiger partial charge in [-0.1, -0.05) is 11.8 Å². The van der Waals surface area contributed by atoms with E-state index >= 15 is 0 Å². The van der Waals surface area contributed by atoms with Crippen LogP contribution < -0.4 is 5.73 Å². The lowest BCUT2D eigenvalue weighted by molar-refractivity contribution is -0.142. The van der Waals surface area contributed by atoms with Gasteiger partial charge in [-0.3, -0.25) is 4.68 Å². The summed E-state index contributed by atoms with van der Waals surface area (Å²) in [4.78, 5) is 0.571. The Morgan fingerprint density at radius 2 is 1.88 bits per heavy atom. The average molecular weight is 386 g/mol.